The van der Waals surface area contributed by atoms with E-state index >= 15 is 0 Å². The van der Waals surface area contributed by atoms with Crippen LogP contribution < -0.4 is 10.6 Å². The predicted molar refractivity (Wildman–Crippen MR) is 81.1 cm³/mol. The summed E-state index contributed by atoms with van der Waals surface area (Å²) in [5, 5.41) is 9.17. The standard InChI is InChI=1S/C14H21FN2OS/c1-3-11(4-2)17(7-8-18)13-6-5-10(14(16)19)9-12(13)15/h5-6,9,11,18H,3-4,7-8H2,1-2H3,(H2,16,19). The van der Waals surface area contributed by atoms with Gasteiger partial charge in [-0.05, 0) is 31.0 Å². The highest BCUT2D eigenvalue weighted by Gasteiger charge is 2.18. The third-order valence-electron chi connectivity index (χ3n) is 3.27. The van der Waals surface area contributed by atoms with Crippen LogP contribution in [-0.2, 0) is 0 Å². The molecule has 5 heteroatoms. The van der Waals surface area contributed by atoms with Crippen molar-refractivity contribution in [1.82, 2.24) is 0 Å². The Morgan fingerprint density at radius 2 is 2.05 bits per heavy atom. The molecule has 1 aromatic carbocycles. The molecular formula is C14H21FN2OS. The van der Waals surface area contributed by atoms with Crippen molar-refractivity contribution >= 4 is 22.9 Å². The second-order valence-electron chi connectivity index (χ2n) is 4.42. The lowest BCUT2D eigenvalue weighted by atomic mass is 10.1. The molecule has 0 unspecified atom stereocenters. The fourth-order valence-corrected chi connectivity index (χ4v) is 2.36. The first kappa shape index (κ1) is 15.9. The number of hydrogen-bond donors (Lipinski definition) is 2. The minimum absolute atomic E-state index is 0.00695. The molecule has 0 amide bonds. The minimum atomic E-state index is -0.356. The van der Waals surface area contributed by atoms with Gasteiger partial charge < -0.3 is 15.7 Å². The van der Waals surface area contributed by atoms with Crippen molar-refractivity contribution < 1.29 is 9.50 Å². The Labute approximate surface area is 119 Å². The lowest BCUT2D eigenvalue weighted by molar-refractivity contribution is 0.295. The summed E-state index contributed by atoms with van der Waals surface area (Å²) in [5.74, 6) is -0.356. The topological polar surface area (TPSA) is 49.5 Å². The number of aliphatic hydroxyl groups is 1. The molecule has 0 aliphatic heterocycles. The third kappa shape index (κ3) is 3.88. The van der Waals surface area contributed by atoms with Gasteiger partial charge in [0.15, 0.2) is 0 Å². The Bertz CT molecular complexity index is 435. The van der Waals surface area contributed by atoms with Gasteiger partial charge in [0, 0.05) is 18.2 Å². The molecule has 0 aliphatic rings. The minimum Gasteiger partial charge on any atom is -0.395 e. The van der Waals surface area contributed by atoms with Crippen LogP contribution >= 0.6 is 12.2 Å². The van der Waals surface area contributed by atoms with E-state index in [9.17, 15) is 4.39 Å². The molecule has 0 spiro atoms. The summed E-state index contributed by atoms with van der Waals surface area (Å²) in [5.41, 5.74) is 6.50. The van der Waals surface area contributed by atoms with Crippen LogP contribution in [0.1, 0.15) is 32.3 Å². The van der Waals surface area contributed by atoms with Crippen LogP contribution in [0.4, 0.5) is 10.1 Å². The maximum atomic E-state index is 14.2. The van der Waals surface area contributed by atoms with Gasteiger partial charge in [-0.2, -0.15) is 0 Å². The average Bonchev–Trinajstić information content (AvgIpc) is 2.39. The van der Waals surface area contributed by atoms with Crippen molar-refractivity contribution in [2.24, 2.45) is 5.73 Å². The van der Waals surface area contributed by atoms with Crippen LogP contribution in [0.25, 0.3) is 0 Å². The van der Waals surface area contributed by atoms with Crippen molar-refractivity contribution in [2.75, 3.05) is 18.1 Å². The molecule has 0 fully saturated rings. The van der Waals surface area contributed by atoms with Crippen LogP contribution in [0.15, 0.2) is 18.2 Å². The van der Waals surface area contributed by atoms with Gasteiger partial charge in [-0.25, -0.2) is 4.39 Å². The summed E-state index contributed by atoms with van der Waals surface area (Å²) in [4.78, 5) is 2.08. The molecule has 0 aliphatic carbocycles. The van der Waals surface area contributed by atoms with Gasteiger partial charge in [-0.1, -0.05) is 26.1 Å². The number of halogens is 1. The molecule has 0 radical (unpaired) electrons. The summed E-state index contributed by atoms with van der Waals surface area (Å²) >= 11 is 4.84. The Morgan fingerprint density at radius 1 is 1.42 bits per heavy atom. The Kier molecular flexibility index (Phi) is 6.18. The van der Waals surface area contributed by atoms with Crippen molar-refractivity contribution in [3.05, 3.63) is 29.6 Å². The second-order valence-corrected chi connectivity index (χ2v) is 4.86. The molecule has 106 valence electrons. The van der Waals surface area contributed by atoms with Gasteiger partial charge in [0.1, 0.15) is 10.8 Å². The summed E-state index contributed by atoms with van der Waals surface area (Å²) in [7, 11) is 0. The van der Waals surface area contributed by atoms with E-state index in [2.05, 4.69) is 13.8 Å². The number of benzene rings is 1. The number of nitrogens with two attached hydrogens (primary N) is 1. The van der Waals surface area contributed by atoms with E-state index < -0.39 is 0 Å². The van der Waals surface area contributed by atoms with Gasteiger partial charge >= 0.3 is 0 Å². The van der Waals surface area contributed by atoms with Crippen molar-refractivity contribution in [3.8, 4) is 0 Å². The number of thiocarbonyl (C=S) groups is 1. The summed E-state index contributed by atoms with van der Waals surface area (Å²) in [6, 6.07) is 4.95. The normalized spacial score (nSPS) is 10.8. The molecule has 1 aromatic rings. The van der Waals surface area contributed by atoms with Gasteiger partial charge in [0.25, 0.3) is 0 Å². The first-order valence-electron chi connectivity index (χ1n) is 6.51. The van der Waals surface area contributed by atoms with E-state index in [0.29, 0.717) is 17.8 Å². The van der Waals surface area contributed by atoms with E-state index in [1.54, 1.807) is 12.1 Å². The quantitative estimate of drug-likeness (QED) is 0.755. The molecule has 0 bridgehead atoms. The number of rotatable bonds is 7. The smallest absolute Gasteiger partial charge is 0.147 e. The molecule has 1 rings (SSSR count). The second kappa shape index (κ2) is 7.40. The molecule has 3 nitrogen and oxygen atoms in total. The predicted octanol–water partition coefficient (Wildman–Crippen LogP) is 2.45. The lowest BCUT2D eigenvalue weighted by Crippen LogP contribution is -2.37. The Hall–Kier alpha value is -1.20. The number of hydrogen-bond acceptors (Lipinski definition) is 3. The average molecular weight is 284 g/mol. The van der Waals surface area contributed by atoms with Gasteiger partial charge in [0.05, 0.1) is 12.3 Å². The van der Waals surface area contributed by atoms with E-state index in [0.717, 1.165) is 12.8 Å². The fraction of sp³-hybridized carbons (Fsp3) is 0.500. The maximum absolute atomic E-state index is 14.2. The fourth-order valence-electron chi connectivity index (χ4n) is 2.23. The van der Waals surface area contributed by atoms with Crippen LogP contribution in [0.2, 0.25) is 0 Å². The first-order valence-corrected chi connectivity index (χ1v) is 6.92. The van der Waals surface area contributed by atoms with Gasteiger partial charge in [-0.3, -0.25) is 0 Å². The number of aliphatic hydroxyl groups excluding tert-OH is 1. The molecule has 0 heterocycles. The zero-order chi connectivity index (χ0) is 14.4. The highest BCUT2D eigenvalue weighted by atomic mass is 32.1. The van der Waals surface area contributed by atoms with Crippen LogP contribution in [0.5, 0.6) is 0 Å². The zero-order valence-electron chi connectivity index (χ0n) is 11.4. The van der Waals surface area contributed by atoms with E-state index in [4.69, 9.17) is 23.1 Å². The molecule has 0 saturated heterocycles. The zero-order valence-corrected chi connectivity index (χ0v) is 12.2. The van der Waals surface area contributed by atoms with Gasteiger partial charge in [0.2, 0.25) is 0 Å². The number of nitrogens with zero attached hydrogens (tertiary/aromatic N) is 1. The van der Waals surface area contributed by atoms with E-state index in [1.807, 2.05) is 4.90 Å². The summed E-state index contributed by atoms with van der Waals surface area (Å²) < 4.78 is 14.2. The molecular weight excluding hydrogens is 263 g/mol. The van der Waals surface area contributed by atoms with Crippen molar-refractivity contribution in [3.63, 3.8) is 0 Å². The molecule has 0 atom stereocenters. The van der Waals surface area contributed by atoms with Crippen LogP contribution in [-0.4, -0.2) is 29.3 Å². The lowest BCUT2D eigenvalue weighted by Gasteiger charge is -2.32. The highest BCUT2D eigenvalue weighted by molar-refractivity contribution is 7.80. The third-order valence-corrected chi connectivity index (χ3v) is 3.50. The first-order chi connectivity index (χ1) is 9.04. The maximum Gasteiger partial charge on any atom is 0.147 e. The Balaban J connectivity index is 3.12. The van der Waals surface area contributed by atoms with E-state index in [1.165, 1.54) is 6.07 Å². The highest BCUT2D eigenvalue weighted by Crippen LogP contribution is 2.24. The van der Waals surface area contributed by atoms with Crippen LogP contribution in [0, 0.1) is 5.82 Å². The number of anilines is 1. The molecule has 0 aromatic heterocycles. The molecule has 3 N–H and O–H groups in total. The SMILES string of the molecule is CCC(CC)N(CCO)c1ccc(C(N)=S)cc1F. The van der Waals surface area contributed by atoms with Gasteiger partial charge in [-0.15, -0.1) is 0 Å². The molecule has 0 saturated carbocycles. The largest absolute Gasteiger partial charge is 0.395 e. The summed E-state index contributed by atoms with van der Waals surface area (Å²) in [6.45, 7) is 4.52. The Morgan fingerprint density at radius 3 is 2.47 bits per heavy atom. The van der Waals surface area contributed by atoms with Crippen molar-refractivity contribution in [2.45, 2.75) is 32.7 Å². The van der Waals surface area contributed by atoms with E-state index in [-0.39, 0.29) is 23.5 Å². The summed E-state index contributed by atoms with van der Waals surface area (Å²) in [6.07, 6.45) is 1.79. The molecule has 19 heavy (non-hydrogen) atoms. The van der Waals surface area contributed by atoms with Crippen LogP contribution in [0.3, 0.4) is 0 Å². The van der Waals surface area contributed by atoms with Crippen molar-refractivity contribution in [1.29, 1.82) is 0 Å². The monoisotopic (exact) mass is 284 g/mol.